The molecule has 154 valence electrons. The molecular formula is C22H21BrN4O3. The Balaban J connectivity index is 1.75. The second-order valence-electron chi connectivity index (χ2n) is 6.80. The molecule has 3 rings (SSSR count). The van der Waals surface area contributed by atoms with Crippen molar-refractivity contribution in [3.8, 4) is 5.69 Å². The Bertz CT molecular complexity index is 1150. The number of nitrogens with one attached hydrogen (secondary N) is 2. The van der Waals surface area contributed by atoms with Gasteiger partial charge in [0.05, 0.1) is 11.8 Å². The maximum absolute atomic E-state index is 12.0. The molecule has 0 aliphatic rings. The van der Waals surface area contributed by atoms with E-state index in [2.05, 4.69) is 31.8 Å². The fourth-order valence-electron chi connectivity index (χ4n) is 3.21. The van der Waals surface area contributed by atoms with Crippen LogP contribution >= 0.6 is 15.9 Å². The molecule has 2 aromatic carbocycles. The third kappa shape index (κ3) is 4.77. The van der Waals surface area contributed by atoms with Gasteiger partial charge in [0.25, 0.3) is 0 Å². The molecule has 7 nitrogen and oxygen atoms in total. The number of carbonyl (C=O) groups excluding carboxylic acids is 1. The molecule has 0 fully saturated rings. The largest absolute Gasteiger partial charge is 0.478 e. The van der Waals surface area contributed by atoms with Crippen LogP contribution in [-0.2, 0) is 0 Å². The predicted molar refractivity (Wildman–Crippen MR) is 121 cm³/mol. The maximum Gasteiger partial charge on any atom is 0.339 e. The quantitative estimate of drug-likeness (QED) is 0.362. The number of hydrazone groups is 1. The molecule has 30 heavy (non-hydrogen) atoms. The number of carboxylic acids is 1. The first-order chi connectivity index (χ1) is 14.3. The Morgan fingerprint density at radius 1 is 1.10 bits per heavy atom. The summed E-state index contributed by atoms with van der Waals surface area (Å²) in [5.41, 5.74) is 7.85. The van der Waals surface area contributed by atoms with Crippen molar-refractivity contribution in [2.75, 3.05) is 5.32 Å². The number of carbonyl (C=O) groups is 2. The molecule has 0 saturated carbocycles. The van der Waals surface area contributed by atoms with E-state index in [1.807, 2.05) is 43.5 Å². The molecule has 0 atom stereocenters. The number of anilines is 1. The van der Waals surface area contributed by atoms with Crippen molar-refractivity contribution in [1.29, 1.82) is 0 Å². The van der Waals surface area contributed by atoms with Gasteiger partial charge in [-0.3, -0.25) is 0 Å². The van der Waals surface area contributed by atoms with E-state index in [1.165, 1.54) is 0 Å². The van der Waals surface area contributed by atoms with Gasteiger partial charge in [0, 0.05) is 32.8 Å². The van der Waals surface area contributed by atoms with Crippen LogP contribution in [0.4, 0.5) is 10.5 Å². The Hall–Kier alpha value is -3.39. The second kappa shape index (κ2) is 8.96. The zero-order valence-corrected chi connectivity index (χ0v) is 18.3. The van der Waals surface area contributed by atoms with Gasteiger partial charge in [-0.15, -0.1) is 0 Å². The summed E-state index contributed by atoms with van der Waals surface area (Å²) in [5, 5.41) is 15.9. The smallest absolute Gasteiger partial charge is 0.339 e. The highest BCUT2D eigenvalue weighted by atomic mass is 79.9. The van der Waals surface area contributed by atoms with Crippen LogP contribution < -0.4 is 10.7 Å². The molecule has 0 bridgehead atoms. The highest BCUT2D eigenvalue weighted by Gasteiger charge is 2.13. The predicted octanol–water partition coefficient (Wildman–Crippen LogP) is 5.02. The van der Waals surface area contributed by atoms with E-state index in [4.69, 9.17) is 5.11 Å². The highest BCUT2D eigenvalue weighted by molar-refractivity contribution is 9.10. The van der Waals surface area contributed by atoms with E-state index < -0.39 is 12.0 Å². The van der Waals surface area contributed by atoms with Gasteiger partial charge in [0.1, 0.15) is 0 Å². The minimum atomic E-state index is -0.953. The number of halogens is 1. The van der Waals surface area contributed by atoms with E-state index in [0.29, 0.717) is 5.69 Å². The number of amides is 2. The molecule has 0 spiro atoms. The monoisotopic (exact) mass is 468 g/mol. The summed E-state index contributed by atoms with van der Waals surface area (Å²) in [6, 6.07) is 13.8. The lowest BCUT2D eigenvalue weighted by Crippen LogP contribution is -2.24. The Morgan fingerprint density at radius 2 is 1.87 bits per heavy atom. The van der Waals surface area contributed by atoms with Crippen LogP contribution in [0, 0.1) is 20.8 Å². The number of aryl methyl sites for hydroxylation is 2. The van der Waals surface area contributed by atoms with Crippen molar-refractivity contribution in [2.45, 2.75) is 20.8 Å². The summed E-state index contributed by atoms with van der Waals surface area (Å²) in [5.74, 6) is -0.953. The van der Waals surface area contributed by atoms with E-state index in [-0.39, 0.29) is 5.56 Å². The maximum atomic E-state index is 12.0. The van der Waals surface area contributed by atoms with Crippen LogP contribution in [0.1, 0.15) is 32.9 Å². The number of nitrogens with zero attached hydrogens (tertiary/aromatic N) is 2. The first-order valence-corrected chi connectivity index (χ1v) is 9.94. The Labute approximate surface area is 182 Å². The number of rotatable bonds is 5. The standard InChI is InChI=1S/C22H21BrN4O3/c1-13-9-16(21(28)29)7-8-20(13)27-14(2)10-17(15(27)3)12-24-26-22(30)25-19-6-4-5-18(23)11-19/h4-12H,1-3H3,(H,28,29)(H2,25,26,30)/b24-12+. The molecule has 2 amide bonds. The number of urea groups is 1. The normalized spacial score (nSPS) is 10.9. The van der Waals surface area contributed by atoms with Crippen molar-refractivity contribution < 1.29 is 14.7 Å². The summed E-state index contributed by atoms with van der Waals surface area (Å²) in [4.78, 5) is 23.2. The molecule has 1 aromatic heterocycles. The summed E-state index contributed by atoms with van der Waals surface area (Å²) < 4.78 is 2.90. The summed E-state index contributed by atoms with van der Waals surface area (Å²) in [6.45, 7) is 5.78. The molecule has 0 saturated heterocycles. The average Bonchev–Trinajstić information content (AvgIpc) is 2.95. The van der Waals surface area contributed by atoms with Crippen molar-refractivity contribution in [3.05, 3.63) is 81.1 Å². The SMILES string of the molecule is Cc1cc(C(=O)O)ccc1-n1c(C)cc(/C=N/NC(=O)Nc2cccc(Br)c2)c1C. The Kier molecular flexibility index (Phi) is 6.37. The molecule has 3 N–H and O–H groups in total. The van der Waals surface area contributed by atoms with Crippen molar-refractivity contribution in [2.24, 2.45) is 5.10 Å². The van der Waals surface area contributed by atoms with Crippen LogP contribution in [-0.4, -0.2) is 27.9 Å². The molecule has 3 aromatic rings. The number of carboxylic acid groups (broad SMARTS) is 1. The summed E-state index contributed by atoms with van der Waals surface area (Å²) >= 11 is 3.35. The van der Waals surface area contributed by atoms with Gasteiger partial charge in [0.15, 0.2) is 0 Å². The summed E-state index contributed by atoms with van der Waals surface area (Å²) in [7, 11) is 0. The van der Waals surface area contributed by atoms with Crippen LogP contribution in [0.5, 0.6) is 0 Å². The van der Waals surface area contributed by atoms with E-state index >= 15 is 0 Å². The van der Waals surface area contributed by atoms with Gasteiger partial charge in [-0.05, 0) is 68.8 Å². The molecule has 1 heterocycles. The lowest BCUT2D eigenvalue weighted by molar-refractivity contribution is 0.0696. The third-order valence-corrected chi connectivity index (χ3v) is 5.10. The van der Waals surface area contributed by atoms with Crippen LogP contribution in [0.3, 0.4) is 0 Å². The third-order valence-electron chi connectivity index (χ3n) is 4.61. The van der Waals surface area contributed by atoms with Crippen molar-refractivity contribution in [3.63, 3.8) is 0 Å². The molecule has 0 aliphatic heterocycles. The molecule has 0 unspecified atom stereocenters. The van der Waals surface area contributed by atoms with Gasteiger partial charge >= 0.3 is 12.0 Å². The topological polar surface area (TPSA) is 95.7 Å². The first kappa shape index (κ1) is 21.3. The van der Waals surface area contributed by atoms with Gasteiger partial charge in [-0.2, -0.15) is 5.10 Å². The number of aromatic carboxylic acids is 1. The minimum absolute atomic E-state index is 0.251. The van der Waals surface area contributed by atoms with Crippen LogP contribution in [0.2, 0.25) is 0 Å². The fourth-order valence-corrected chi connectivity index (χ4v) is 3.61. The minimum Gasteiger partial charge on any atom is -0.478 e. The lowest BCUT2D eigenvalue weighted by atomic mass is 10.1. The first-order valence-electron chi connectivity index (χ1n) is 9.15. The molecule has 8 heteroatoms. The lowest BCUT2D eigenvalue weighted by Gasteiger charge is -2.13. The van der Waals surface area contributed by atoms with Crippen LogP contribution in [0.25, 0.3) is 5.69 Å². The van der Waals surface area contributed by atoms with Gasteiger partial charge in [-0.1, -0.05) is 22.0 Å². The Morgan fingerprint density at radius 3 is 2.53 bits per heavy atom. The zero-order chi connectivity index (χ0) is 21.8. The number of hydrogen-bond acceptors (Lipinski definition) is 3. The van der Waals surface area contributed by atoms with Gasteiger partial charge < -0.3 is 15.0 Å². The number of hydrogen-bond donors (Lipinski definition) is 3. The summed E-state index contributed by atoms with van der Waals surface area (Å²) in [6.07, 6.45) is 1.58. The molecule has 0 aliphatic carbocycles. The van der Waals surface area contributed by atoms with E-state index in [0.717, 1.165) is 32.7 Å². The van der Waals surface area contributed by atoms with Crippen molar-refractivity contribution >= 4 is 39.8 Å². The van der Waals surface area contributed by atoms with Gasteiger partial charge in [0.2, 0.25) is 0 Å². The fraction of sp³-hybridized carbons (Fsp3) is 0.136. The average molecular weight is 469 g/mol. The van der Waals surface area contributed by atoms with Crippen LogP contribution in [0.15, 0.2) is 58.1 Å². The van der Waals surface area contributed by atoms with E-state index in [9.17, 15) is 9.59 Å². The highest BCUT2D eigenvalue weighted by Crippen LogP contribution is 2.23. The molecular weight excluding hydrogens is 448 g/mol. The van der Waals surface area contributed by atoms with Gasteiger partial charge in [-0.25, -0.2) is 15.0 Å². The molecule has 0 radical (unpaired) electrons. The number of aromatic nitrogens is 1. The van der Waals surface area contributed by atoms with E-state index in [1.54, 1.807) is 36.5 Å². The number of benzene rings is 2. The second-order valence-corrected chi connectivity index (χ2v) is 7.72. The van der Waals surface area contributed by atoms with Crippen molar-refractivity contribution in [1.82, 2.24) is 9.99 Å². The zero-order valence-electron chi connectivity index (χ0n) is 16.7.